The zero-order valence-electron chi connectivity index (χ0n) is 15.6. The van der Waals surface area contributed by atoms with Gasteiger partial charge in [-0.15, -0.1) is 0 Å². The van der Waals surface area contributed by atoms with Gasteiger partial charge in [-0.2, -0.15) is 4.99 Å². The lowest BCUT2D eigenvalue weighted by molar-refractivity contribution is -0.674. The van der Waals surface area contributed by atoms with Crippen LogP contribution in [0, 0.1) is 13.8 Å². The Kier molecular flexibility index (Phi) is 3.70. The summed E-state index contributed by atoms with van der Waals surface area (Å²) in [6.07, 6.45) is -0.269. The van der Waals surface area contributed by atoms with Gasteiger partial charge in [0.15, 0.2) is 0 Å². The quantitative estimate of drug-likeness (QED) is 0.454. The third-order valence-electron chi connectivity index (χ3n) is 5.25. The number of hydrogen-bond donors (Lipinski definition) is 3. The molecule has 2 aromatic heterocycles. The molecular formula is C21H20ClN6+. The summed E-state index contributed by atoms with van der Waals surface area (Å²) in [7, 11) is 0. The second-order valence-corrected chi connectivity index (χ2v) is 7.39. The molecule has 1 aliphatic rings. The third kappa shape index (κ3) is 2.42. The van der Waals surface area contributed by atoms with Crippen molar-refractivity contribution in [2.24, 2.45) is 10.7 Å². The maximum atomic E-state index is 6.47. The Hall–Kier alpha value is -3.25. The molecule has 1 atom stereocenters. The molecule has 2 aromatic carbocycles. The molecule has 5 rings (SSSR count). The van der Waals surface area contributed by atoms with Gasteiger partial charge in [-0.25, -0.2) is 14.9 Å². The zero-order chi connectivity index (χ0) is 19.4. The first-order chi connectivity index (χ1) is 13.5. The minimum absolute atomic E-state index is 0.269. The largest absolute Gasteiger partial charge is 0.365 e. The Bertz CT molecular complexity index is 1250. The van der Waals surface area contributed by atoms with Gasteiger partial charge in [0, 0.05) is 17.0 Å². The van der Waals surface area contributed by atoms with E-state index in [9.17, 15) is 0 Å². The number of nitrogens with one attached hydrogen (secondary N) is 2. The first-order valence-corrected chi connectivity index (χ1v) is 9.48. The van der Waals surface area contributed by atoms with Crippen LogP contribution in [-0.4, -0.2) is 15.5 Å². The van der Waals surface area contributed by atoms with Gasteiger partial charge in [0.05, 0.1) is 10.7 Å². The summed E-state index contributed by atoms with van der Waals surface area (Å²) >= 11 is 6.47. The number of halogens is 1. The molecule has 0 amide bonds. The SMILES string of the molecule is Cc1cc([C@@H]2N=C(N)Nc3[nH]c4ccccc4[n+]32)c(C)n1-c1ccccc1Cl. The van der Waals surface area contributed by atoms with Crippen molar-refractivity contribution in [1.29, 1.82) is 0 Å². The van der Waals surface area contributed by atoms with E-state index >= 15 is 0 Å². The summed E-state index contributed by atoms with van der Waals surface area (Å²) in [5, 5.41) is 3.85. The van der Waals surface area contributed by atoms with Crippen molar-refractivity contribution in [3.8, 4) is 5.69 Å². The molecule has 0 spiro atoms. The number of anilines is 1. The Balaban J connectivity index is 1.74. The lowest BCUT2D eigenvalue weighted by Gasteiger charge is -2.18. The molecule has 0 radical (unpaired) electrons. The molecular weight excluding hydrogens is 372 g/mol. The van der Waals surface area contributed by atoms with E-state index in [4.69, 9.17) is 22.3 Å². The van der Waals surface area contributed by atoms with Gasteiger partial charge in [0.2, 0.25) is 6.17 Å². The summed E-state index contributed by atoms with van der Waals surface area (Å²) in [6.45, 7) is 4.17. The van der Waals surface area contributed by atoms with E-state index in [2.05, 4.69) is 45.4 Å². The molecule has 4 aromatic rings. The van der Waals surface area contributed by atoms with Crippen molar-refractivity contribution >= 4 is 34.5 Å². The van der Waals surface area contributed by atoms with E-state index in [1.54, 1.807) is 0 Å². The number of imidazole rings is 1. The van der Waals surface area contributed by atoms with Crippen LogP contribution < -0.4 is 15.6 Å². The van der Waals surface area contributed by atoms with Crippen LogP contribution in [0.4, 0.5) is 5.95 Å². The highest BCUT2D eigenvalue weighted by atomic mass is 35.5. The number of rotatable bonds is 2. The van der Waals surface area contributed by atoms with Gasteiger partial charge in [-0.05, 0) is 44.2 Å². The van der Waals surface area contributed by atoms with Crippen molar-refractivity contribution in [2.75, 3.05) is 5.32 Å². The fourth-order valence-corrected chi connectivity index (χ4v) is 4.27. The van der Waals surface area contributed by atoms with E-state index < -0.39 is 0 Å². The minimum Gasteiger partial charge on any atom is -0.357 e. The lowest BCUT2D eigenvalue weighted by Crippen LogP contribution is -2.48. The number of benzene rings is 2. The maximum absolute atomic E-state index is 6.47. The molecule has 28 heavy (non-hydrogen) atoms. The molecule has 3 heterocycles. The number of fused-ring (bicyclic) bond motifs is 3. The van der Waals surface area contributed by atoms with E-state index in [-0.39, 0.29) is 6.17 Å². The van der Waals surface area contributed by atoms with Gasteiger partial charge in [-0.1, -0.05) is 35.9 Å². The van der Waals surface area contributed by atoms with E-state index in [0.29, 0.717) is 11.0 Å². The standard InChI is InChI=1S/C21H19ClN6/c1-12-11-14(13(2)27(12)17-9-5-3-7-15(17)22)19-25-20(23)26-21-24-16-8-4-6-10-18(16)28(19)21/h3-11,19H,1-2H3,(H3,23,24,25,26)/p+1/t19-/m1/s1. The molecule has 0 unspecified atom stereocenters. The van der Waals surface area contributed by atoms with Crippen LogP contribution in [0.25, 0.3) is 16.7 Å². The van der Waals surface area contributed by atoms with Crippen LogP contribution in [0.15, 0.2) is 59.6 Å². The number of nitrogens with zero attached hydrogens (tertiary/aromatic N) is 3. The number of nitrogens with two attached hydrogens (primary N) is 1. The van der Waals surface area contributed by atoms with Crippen LogP contribution in [0.2, 0.25) is 5.02 Å². The molecule has 1 aliphatic heterocycles. The number of H-pyrrole nitrogens is 1. The highest BCUT2D eigenvalue weighted by Crippen LogP contribution is 2.31. The van der Waals surface area contributed by atoms with Gasteiger partial charge >= 0.3 is 5.95 Å². The molecule has 0 bridgehead atoms. The van der Waals surface area contributed by atoms with Crippen molar-refractivity contribution in [2.45, 2.75) is 20.0 Å². The summed E-state index contributed by atoms with van der Waals surface area (Å²) < 4.78 is 4.31. The maximum Gasteiger partial charge on any atom is 0.365 e. The molecule has 0 fully saturated rings. The second-order valence-electron chi connectivity index (χ2n) is 6.99. The Labute approximate surface area is 167 Å². The average Bonchev–Trinajstić information content (AvgIpc) is 3.18. The van der Waals surface area contributed by atoms with Crippen molar-refractivity contribution in [3.63, 3.8) is 0 Å². The van der Waals surface area contributed by atoms with Crippen LogP contribution in [0.1, 0.15) is 23.1 Å². The fourth-order valence-electron chi connectivity index (χ4n) is 4.05. The minimum atomic E-state index is -0.269. The molecule has 140 valence electrons. The predicted octanol–water partition coefficient (Wildman–Crippen LogP) is 3.80. The molecule has 0 saturated heterocycles. The van der Waals surface area contributed by atoms with Gasteiger partial charge in [0.1, 0.15) is 11.0 Å². The lowest BCUT2D eigenvalue weighted by atomic mass is 10.1. The molecule has 0 saturated carbocycles. The predicted molar refractivity (Wildman–Crippen MR) is 112 cm³/mol. The van der Waals surface area contributed by atoms with Crippen molar-refractivity contribution in [1.82, 2.24) is 9.55 Å². The molecule has 0 aliphatic carbocycles. The van der Waals surface area contributed by atoms with E-state index in [0.717, 1.165) is 39.6 Å². The van der Waals surface area contributed by atoms with Crippen LogP contribution >= 0.6 is 11.6 Å². The number of para-hydroxylation sites is 3. The summed E-state index contributed by atoms with van der Waals surface area (Å²) in [6, 6.07) is 18.2. The highest BCUT2D eigenvalue weighted by molar-refractivity contribution is 6.32. The normalized spacial score (nSPS) is 16.0. The topological polar surface area (TPSA) is 75.0 Å². The fraction of sp³-hybridized carbons (Fsp3) is 0.143. The van der Waals surface area contributed by atoms with Crippen LogP contribution in [0.5, 0.6) is 0 Å². The summed E-state index contributed by atoms with van der Waals surface area (Å²) in [5.74, 6) is 1.21. The second kappa shape index (κ2) is 6.14. The Morgan fingerprint density at radius 1 is 1.11 bits per heavy atom. The average molecular weight is 392 g/mol. The number of aromatic amines is 1. The Morgan fingerprint density at radius 3 is 2.68 bits per heavy atom. The smallest absolute Gasteiger partial charge is 0.357 e. The number of aromatic nitrogens is 3. The number of aryl methyl sites for hydroxylation is 1. The molecule has 4 N–H and O–H groups in total. The number of aliphatic imine (C=N–C) groups is 1. The van der Waals surface area contributed by atoms with E-state index in [1.807, 2.05) is 42.5 Å². The first-order valence-electron chi connectivity index (χ1n) is 9.11. The van der Waals surface area contributed by atoms with Gasteiger partial charge in [-0.3, -0.25) is 0 Å². The van der Waals surface area contributed by atoms with Crippen LogP contribution in [0.3, 0.4) is 0 Å². The van der Waals surface area contributed by atoms with E-state index in [1.165, 1.54) is 0 Å². The van der Waals surface area contributed by atoms with Gasteiger partial charge in [0.25, 0.3) is 5.96 Å². The van der Waals surface area contributed by atoms with Crippen LogP contribution in [-0.2, 0) is 0 Å². The number of hydrogen-bond acceptors (Lipinski definition) is 3. The zero-order valence-corrected chi connectivity index (χ0v) is 16.3. The third-order valence-corrected chi connectivity index (χ3v) is 5.57. The first kappa shape index (κ1) is 16.9. The monoisotopic (exact) mass is 391 g/mol. The summed E-state index contributed by atoms with van der Waals surface area (Å²) in [4.78, 5) is 8.12. The molecule has 6 nitrogen and oxygen atoms in total. The number of guanidine groups is 1. The van der Waals surface area contributed by atoms with Crippen molar-refractivity contribution < 1.29 is 4.57 Å². The van der Waals surface area contributed by atoms with Gasteiger partial charge < -0.3 is 10.3 Å². The Morgan fingerprint density at radius 2 is 1.86 bits per heavy atom. The highest BCUT2D eigenvalue weighted by Gasteiger charge is 2.33. The van der Waals surface area contributed by atoms with Crippen molar-refractivity contribution in [3.05, 3.63) is 76.6 Å². The summed E-state index contributed by atoms with van der Waals surface area (Å²) in [5.41, 5.74) is 12.4. The molecule has 7 heteroatoms.